The SMILES string of the molecule is CC(=O)O.CC(=O)O.Oc1cccc(C=Nc2ccc3ccccc3c2-c2c(N=Cc3cccc(O)c3O)ccc3ccccc23)c1O.[Co+2].[Co+2]. The zero-order valence-electron chi connectivity index (χ0n) is 26.6. The van der Waals surface area contributed by atoms with Crippen molar-refractivity contribution in [1.82, 2.24) is 0 Å². The summed E-state index contributed by atoms with van der Waals surface area (Å²) in [5.41, 5.74) is 3.75. The van der Waals surface area contributed by atoms with Gasteiger partial charge in [-0.2, -0.15) is 0 Å². The fourth-order valence-electron chi connectivity index (χ4n) is 4.84. The van der Waals surface area contributed by atoms with Gasteiger partial charge < -0.3 is 30.6 Å². The van der Waals surface area contributed by atoms with Gasteiger partial charge in [0.15, 0.2) is 23.0 Å². The van der Waals surface area contributed by atoms with Gasteiger partial charge in [0.05, 0.1) is 11.4 Å². The minimum atomic E-state index is -0.833. The summed E-state index contributed by atoms with van der Waals surface area (Å²) < 4.78 is 0. The molecule has 2 radical (unpaired) electrons. The molecule has 0 amide bonds. The van der Waals surface area contributed by atoms with Gasteiger partial charge in [-0.25, -0.2) is 0 Å². The number of rotatable bonds is 5. The number of aliphatic imine (C=N–C) groups is 2. The van der Waals surface area contributed by atoms with Gasteiger partial charge in [0.2, 0.25) is 0 Å². The molecule has 0 bridgehead atoms. The standard InChI is InChI=1S/C34H24N2O4.2C2H4O2.2Co/c37-29-13-5-9-23(33(29)39)19-35-27-17-15-21-7-1-3-11-25(21)31(27)32-26-12-4-2-8-22(26)16-18-28(32)36-20-24-10-6-14-30(38)34(24)40;2*1-2(3)4;;/h1-20,37-40H;2*1H3,(H,3,4);;/q;;;2*+2. The van der Waals surface area contributed by atoms with Gasteiger partial charge in [-0.1, -0.05) is 72.8 Å². The van der Waals surface area contributed by atoms with Crippen LogP contribution in [0.2, 0.25) is 0 Å². The Kier molecular flexibility index (Phi) is 15.2. The van der Waals surface area contributed by atoms with Crippen LogP contribution in [0.1, 0.15) is 25.0 Å². The van der Waals surface area contributed by atoms with Crippen molar-refractivity contribution in [3.05, 3.63) is 120 Å². The molecule has 256 valence electrons. The maximum absolute atomic E-state index is 10.3. The van der Waals surface area contributed by atoms with Crippen molar-refractivity contribution >= 4 is 57.3 Å². The van der Waals surface area contributed by atoms with Gasteiger partial charge in [0.25, 0.3) is 11.9 Å². The van der Waals surface area contributed by atoms with Crippen molar-refractivity contribution in [2.24, 2.45) is 9.98 Å². The molecule has 50 heavy (non-hydrogen) atoms. The summed E-state index contributed by atoms with van der Waals surface area (Å²) in [6, 6.07) is 33.3. The van der Waals surface area contributed by atoms with E-state index in [0.717, 1.165) is 46.5 Å². The topological polar surface area (TPSA) is 180 Å². The Bertz CT molecular complexity index is 2020. The number of aromatic hydroxyl groups is 4. The van der Waals surface area contributed by atoms with Crippen molar-refractivity contribution in [3.8, 4) is 34.1 Å². The smallest absolute Gasteiger partial charge is 0.504 e. The minimum Gasteiger partial charge on any atom is -0.504 e. The second-order valence-corrected chi connectivity index (χ2v) is 10.3. The van der Waals surface area contributed by atoms with Crippen LogP contribution >= 0.6 is 0 Å². The Balaban J connectivity index is 0.000000787. The number of phenolic OH excluding ortho intramolecular Hbond substituents is 4. The molecule has 0 aliphatic heterocycles. The second kappa shape index (κ2) is 18.8. The molecule has 0 aromatic heterocycles. The number of carbonyl (C=O) groups is 2. The molecule has 0 atom stereocenters. The molecule has 0 fully saturated rings. The van der Waals surface area contributed by atoms with Crippen LogP contribution < -0.4 is 0 Å². The maximum Gasteiger partial charge on any atom is 2.00 e. The molecule has 0 spiro atoms. The van der Waals surface area contributed by atoms with Crippen LogP contribution in [-0.2, 0) is 43.1 Å². The third-order valence-electron chi connectivity index (χ3n) is 6.84. The van der Waals surface area contributed by atoms with Crippen LogP contribution in [0.25, 0.3) is 32.7 Å². The third kappa shape index (κ3) is 10.2. The number of hydrogen-bond donors (Lipinski definition) is 6. The second-order valence-electron chi connectivity index (χ2n) is 10.3. The number of carboxylic acid groups (broad SMARTS) is 2. The molecule has 6 aromatic carbocycles. The van der Waals surface area contributed by atoms with Gasteiger partial charge in [0.1, 0.15) is 0 Å². The normalized spacial score (nSPS) is 10.4. The van der Waals surface area contributed by atoms with E-state index in [4.69, 9.17) is 29.8 Å². The zero-order valence-corrected chi connectivity index (χ0v) is 28.7. The molecule has 12 heteroatoms. The van der Waals surface area contributed by atoms with Gasteiger partial charge in [-0.15, -0.1) is 0 Å². The summed E-state index contributed by atoms with van der Waals surface area (Å²) >= 11 is 0. The first kappa shape index (κ1) is 40.5. The summed E-state index contributed by atoms with van der Waals surface area (Å²) in [4.78, 5) is 27.6. The molecule has 0 aliphatic carbocycles. The van der Waals surface area contributed by atoms with Crippen molar-refractivity contribution < 1.29 is 73.8 Å². The number of nitrogens with zero attached hydrogens (tertiary/aromatic N) is 2. The Morgan fingerprint density at radius 2 is 0.840 bits per heavy atom. The monoisotopic (exact) mass is 762 g/mol. The first-order valence-electron chi connectivity index (χ1n) is 14.5. The third-order valence-corrected chi connectivity index (χ3v) is 6.84. The largest absolute Gasteiger partial charge is 2.00 e. The molecule has 6 aromatic rings. The fourth-order valence-corrected chi connectivity index (χ4v) is 4.84. The zero-order chi connectivity index (χ0) is 34.8. The molecular weight excluding hydrogens is 730 g/mol. The number of fused-ring (bicyclic) bond motifs is 2. The minimum absolute atomic E-state index is 0. The van der Waals surface area contributed by atoms with Crippen LogP contribution in [0.4, 0.5) is 11.4 Å². The predicted octanol–water partition coefficient (Wildman–Crippen LogP) is 8.16. The van der Waals surface area contributed by atoms with Gasteiger partial charge >= 0.3 is 33.6 Å². The van der Waals surface area contributed by atoms with Crippen LogP contribution in [0.3, 0.4) is 0 Å². The van der Waals surface area contributed by atoms with Crippen LogP contribution in [-0.4, -0.2) is 55.0 Å². The fraction of sp³-hybridized carbons (Fsp3) is 0.0526. The van der Waals surface area contributed by atoms with E-state index in [2.05, 4.69) is 0 Å². The molecule has 6 N–H and O–H groups in total. The van der Waals surface area contributed by atoms with E-state index in [1.54, 1.807) is 24.3 Å². The summed E-state index contributed by atoms with van der Waals surface area (Å²) in [6.07, 6.45) is 3.06. The molecule has 10 nitrogen and oxygen atoms in total. The van der Waals surface area contributed by atoms with Crippen molar-refractivity contribution in [1.29, 1.82) is 0 Å². The van der Waals surface area contributed by atoms with Crippen molar-refractivity contribution in [3.63, 3.8) is 0 Å². The van der Waals surface area contributed by atoms with Gasteiger partial charge in [-0.3, -0.25) is 19.6 Å². The van der Waals surface area contributed by atoms with Crippen LogP contribution in [0, 0.1) is 0 Å². The Morgan fingerprint density at radius 1 is 0.500 bits per heavy atom. The quantitative estimate of drug-likeness (QED) is 0.0752. The molecular formula is C38H32Co2N2O8+4. The summed E-state index contributed by atoms with van der Waals surface area (Å²) in [5, 5.41) is 59.4. The Morgan fingerprint density at radius 3 is 1.20 bits per heavy atom. The molecule has 0 aliphatic rings. The molecule has 0 saturated heterocycles. The van der Waals surface area contributed by atoms with E-state index in [1.807, 2.05) is 72.8 Å². The van der Waals surface area contributed by atoms with Gasteiger partial charge in [-0.05, 0) is 57.9 Å². The van der Waals surface area contributed by atoms with E-state index >= 15 is 0 Å². The van der Waals surface area contributed by atoms with E-state index in [0.29, 0.717) is 22.5 Å². The van der Waals surface area contributed by atoms with E-state index in [-0.39, 0.29) is 56.6 Å². The summed E-state index contributed by atoms with van der Waals surface area (Å²) in [5.74, 6) is -2.59. The maximum atomic E-state index is 10.3. The number of hydrogen-bond acceptors (Lipinski definition) is 8. The summed E-state index contributed by atoms with van der Waals surface area (Å²) in [7, 11) is 0. The van der Waals surface area contributed by atoms with Crippen molar-refractivity contribution in [2.45, 2.75) is 13.8 Å². The number of aliphatic carboxylic acids is 2. The number of carboxylic acids is 2. The van der Waals surface area contributed by atoms with Crippen LogP contribution in [0.15, 0.2) is 119 Å². The summed E-state index contributed by atoms with van der Waals surface area (Å²) in [6.45, 7) is 2.17. The Hall–Kier alpha value is -5.67. The number of benzene rings is 6. The number of phenols is 4. The van der Waals surface area contributed by atoms with E-state index in [9.17, 15) is 20.4 Å². The Labute approximate surface area is 308 Å². The number of para-hydroxylation sites is 2. The molecule has 0 heterocycles. The van der Waals surface area contributed by atoms with E-state index in [1.165, 1.54) is 24.6 Å². The first-order valence-corrected chi connectivity index (χ1v) is 14.5. The van der Waals surface area contributed by atoms with Gasteiger partial charge in [0, 0.05) is 48.5 Å². The molecule has 6 rings (SSSR count). The predicted molar refractivity (Wildman–Crippen MR) is 188 cm³/mol. The van der Waals surface area contributed by atoms with Crippen LogP contribution in [0.5, 0.6) is 23.0 Å². The molecule has 0 unspecified atom stereocenters. The molecule has 0 saturated carbocycles. The average molecular weight is 763 g/mol. The van der Waals surface area contributed by atoms with E-state index < -0.39 is 11.9 Å². The first-order chi connectivity index (χ1) is 23.0. The van der Waals surface area contributed by atoms with Crippen molar-refractivity contribution in [2.75, 3.05) is 0 Å². The average Bonchev–Trinajstić information content (AvgIpc) is 3.05.